The molecular weight excluding hydrogens is 338 g/mol. The highest BCUT2D eigenvalue weighted by Gasteiger charge is 2.14. The van der Waals surface area contributed by atoms with E-state index < -0.39 is 0 Å². The number of benzene rings is 1. The van der Waals surface area contributed by atoms with Gasteiger partial charge in [0.1, 0.15) is 0 Å². The zero-order valence-electron chi connectivity index (χ0n) is 18.0. The Morgan fingerprint density at radius 2 is 1.74 bits per heavy atom. The van der Waals surface area contributed by atoms with Crippen molar-refractivity contribution in [3.63, 3.8) is 0 Å². The molecule has 0 spiro atoms. The lowest BCUT2D eigenvalue weighted by molar-refractivity contribution is -0.127. The highest BCUT2D eigenvalue weighted by molar-refractivity contribution is 5.91. The van der Waals surface area contributed by atoms with Crippen molar-refractivity contribution < 1.29 is 14.3 Å². The summed E-state index contributed by atoms with van der Waals surface area (Å²) in [7, 11) is 1.64. The van der Waals surface area contributed by atoms with Gasteiger partial charge in [-0.25, -0.2) is 0 Å². The minimum absolute atomic E-state index is 0.0521. The summed E-state index contributed by atoms with van der Waals surface area (Å²) in [5.41, 5.74) is 0.926. The molecule has 0 radical (unpaired) electrons. The Hall–Kier alpha value is -1.97. The van der Waals surface area contributed by atoms with Crippen LogP contribution in [0, 0.1) is 11.8 Å². The predicted octanol–water partition coefficient (Wildman–Crippen LogP) is 5.42. The normalized spacial score (nSPS) is 11.4. The Labute approximate surface area is 165 Å². The van der Waals surface area contributed by atoms with Crippen LogP contribution in [0.5, 0.6) is 11.5 Å². The van der Waals surface area contributed by atoms with Gasteiger partial charge in [-0.1, -0.05) is 53.5 Å². The van der Waals surface area contributed by atoms with Gasteiger partial charge in [-0.05, 0) is 42.0 Å². The first kappa shape index (κ1) is 23.1. The van der Waals surface area contributed by atoms with Crippen LogP contribution in [0.1, 0.15) is 59.4 Å². The van der Waals surface area contributed by atoms with Gasteiger partial charge in [-0.2, -0.15) is 0 Å². The number of hydrogen-bond acceptors (Lipinski definition) is 3. The van der Waals surface area contributed by atoms with Crippen molar-refractivity contribution in [1.29, 1.82) is 0 Å². The highest BCUT2D eigenvalue weighted by atomic mass is 16.5. The topological polar surface area (TPSA) is 38.8 Å². The Morgan fingerprint density at radius 1 is 1.07 bits per heavy atom. The summed E-state index contributed by atoms with van der Waals surface area (Å²) in [5, 5.41) is 0. The summed E-state index contributed by atoms with van der Waals surface area (Å²) in [6.07, 6.45) is 6.87. The Balaban J connectivity index is 2.79. The molecule has 0 saturated heterocycles. The van der Waals surface area contributed by atoms with Crippen LogP contribution in [0.2, 0.25) is 0 Å². The van der Waals surface area contributed by atoms with Crippen LogP contribution in [0.25, 0.3) is 6.08 Å². The molecule has 1 rings (SSSR count). The predicted molar refractivity (Wildman–Crippen MR) is 113 cm³/mol. The molecule has 1 amide bonds. The molecule has 0 unspecified atom stereocenters. The van der Waals surface area contributed by atoms with Gasteiger partial charge in [-0.3, -0.25) is 4.79 Å². The Bertz CT molecular complexity index is 583. The molecule has 0 N–H and O–H groups in total. The van der Waals surface area contributed by atoms with Gasteiger partial charge in [0.25, 0.3) is 0 Å². The maximum Gasteiger partial charge on any atom is 0.246 e. The highest BCUT2D eigenvalue weighted by Crippen LogP contribution is 2.28. The first-order chi connectivity index (χ1) is 12.9. The third kappa shape index (κ3) is 8.98. The van der Waals surface area contributed by atoms with Crippen molar-refractivity contribution in [2.75, 3.05) is 26.8 Å². The van der Waals surface area contributed by atoms with Gasteiger partial charge < -0.3 is 14.4 Å². The quantitative estimate of drug-likeness (QED) is 0.362. The molecule has 0 fully saturated rings. The van der Waals surface area contributed by atoms with E-state index in [4.69, 9.17) is 9.47 Å². The molecule has 0 aromatic heterocycles. The maximum atomic E-state index is 12.6. The third-order valence-electron chi connectivity index (χ3n) is 4.09. The van der Waals surface area contributed by atoms with Crippen LogP contribution in [0.3, 0.4) is 0 Å². The lowest BCUT2D eigenvalue weighted by atomic mass is 10.1. The lowest BCUT2D eigenvalue weighted by Crippen LogP contribution is -2.35. The molecule has 152 valence electrons. The second-order valence-electron chi connectivity index (χ2n) is 7.83. The molecule has 0 atom stereocenters. The fourth-order valence-electron chi connectivity index (χ4n) is 2.85. The number of methoxy groups -OCH3 is 1. The van der Waals surface area contributed by atoms with Gasteiger partial charge in [-0.15, -0.1) is 0 Å². The first-order valence-corrected chi connectivity index (χ1v) is 10.1. The average molecular weight is 376 g/mol. The van der Waals surface area contributed by atoms with E-state index >= 15 is 0 Å². The fourth-order valence-corrected chi connectivity index (χ4v) is 2.85. The molecule has 0 bridgehead atoms. The van der Waals surface area contributed by atoms with E-state index in [-0.39, 0.29) is 5.91 Å². The van der Waals surface area contributed by atoms with E-state index in [1.165, 1.54) is 6.42 Å². The number of hydrogen-bond donors (Lipinski definition) is 0. The summed E-state index contributed by atoms with van der Waals surface area (Å²) in [5.74, 6) is 2.40. The summed E-state index contributed by atoms with van der Waals surface area (Å²) >= 11 is 0. The van der Waals surface area contributed by atoms with Crippen LogP contribution in [0.4, 0.5) is 0 Å². The van der Waals surface area contributed by atoms with E-state index in [0.29, 0.717) is 24.2 Å². The van der Waals surface area contributed by atoms with Crippen LogP contribution >= 0.6 is 0 Å². The Morgan fingerprint density at radius 3 is 2.30 bits per heavy atom. The van der Waals surface area contributed by atoms with Gasteiger partial charge in [0, 0.05) is 19.2 Å². The largest absolute Gasteiger partial charge is 0.493 e. The number of unbranched alkanes of at least 4 members (excludes halogenated alkanes) is 2. The van der Waals surface area contributed by atoms with Crippen molar-refractivity contribution in [1.82, 2.24) is 4.90 Å². The Kier molecular flexibility index (Phi) is 10.6. The molecule has 0 saturated carbocycles. The lowest BCUT2D eigenvalue weighted by Gasteiger charge is -2.25. The molecule has 0 aliphatic heterocycles. The number of rotatable bonds is 12. The molecule has 0 aliphatic carbocycles. The van der Waals surface area contributed by atoms with Crippen molar-refractivity contribution in [2.45, 2.75) is 53.9 Å². The standard InChI is InChI=1S/C23H37NO3/c1-7-8-9-14-27-21-12-10-20(15-22(21)26-6)11-13-23(25)24(16-18(2)3)17-19(4)5/h10-13,15,18-19H,7-9,14,16-17H2,1-6H3/b13-11+. The molecule has 4 nitrogen and oxygen atoms in total. The summed E-state index contributed by atoms with van der Waals surface area (Å²) < 4.78 is 11.3. The minimum atomic E-state index is 0.0521. The zero-order chi connectivity index (χ0) is 20.2. The van der Waals surface area contributed by atoms with Crippen LogP contribution in [-0.4, -0.2) is 37.6 Å². The monoisotopic (exact) mass is 375 g/mol. The minimum Gasteiger partial charge on any atom is -0.493 e. The van der Waals surface area contributed by atoms with Crippen molar-refractivity contribution >= 4 is 12.0 Å². The van der Waals surface area contributed by atoms with Crippen LogP contribution in [-0.2, 0) is 4.79 Å². The summed E-state index contributed by atoms with van der Waals surface area (Å²) in [4.78, 5) is 14.5. The molecule has 0 aliphatic rings. The number of carbonyl (C=O) groups excluding carboxylic acids is 1. The van der Waals surface area contributed by atoms with Crippen molar-refractivity contribution in [2.24, 2.45) is 11.8 Å². The molecule has 1 aromatic carbocycles. The average Bonchev–Trinajstić information content (AvgIpc) is 2.62. The first-order valence-electron chi connectivity index (χ1n) is 10.1. The molecule has 1 aromatic rings. The number of ether oxygens (including phenoxy) is 2. The van der Waals surface area contributed by atoms with E-state index in [1.54, 1.807) is 13.2 Å². The molecule has 0 heterocycles. The van der Waals surface area contributed by atoms with Crippen LogP contribution < -0.4 is 9.47 Å². The van der Waals surface area contributed by atoms with Gasteiger partial charge in [0.05, 0.1) is 13.7 Å². The SMILES string of the molecule is CCCCCOc1ccc(/C=C/C(=O)N(CC(C)C)CC(C)C)cc1OC. The van der Waals surface area contributed by atoms with E-state index in [0.717, 1.165) is 37.2 Å². The zero-order valence-corrected chi connectivity index (χ0v) is 18.0. The fraction of sp³-hybridized carbons (Fsp3) is 0.609. The summed E-state index contributed by atoms with van der Waals surface area (Å²) in [6, 6.07) is 5.78. The van der Waals surface area contributed by atoms with Crippen LogP contribution in [0.15, 0.2) is 24.3 Å². The van der Waals surface area contributed by atoms with E-state index in [9.17, 15) is 4.79 Å². The van der Waals surface area contributed by atoms with Gasteiger partial charge >= 0.3 is 0 Å². The number of amides is 1. The third-order valence-corrected chi connectivity index (χ3v) is 4.09. The van der Waals surface area contributed by atoms with Crippen molar-refractivity contribution in [3.05, 3.63) is 29.8 Å². The number of nitrogens with zero attached hydrogens (tertiary/aromatic N) is 1. The van der Waals surface area contributed by atoms with Gasteiger partial charge in [0.2, 0.25) is 5.91 Å². The van der Waals surface area contributed by atoms with E-state index in [2.05, 4.69) is 34.6 Å². The van der Waals surface area contributed by atoms with Crippen molar-refractivity contribution in [3.8, 4) is 11.5 Å². The molecule has 27 heavy (non-hydrogen) atoms. The number of carbonyl (C=O) groups is 1. The van der Waals surface area contributed by atoms with Gasteiger partial charge in [0.15, 0.2) is 11.5 Å². The molecular formula is C23H37NO3. The second-order valence-corrected chi connectivity index (χ2v) is 7.83. The smallest absolute Gasteiger partial charge is 0.246 e. The summed E-state index contributed by atoms with van der Waals surface area (Å²) in [6.45, 7) is 12.9. The second kappa shape index (κ2) is 12.4. The molecule has 4 heteroatoms. The maximum absolute atomic E-state index is 12.6. The van der Waals surface area contributed by atoms with E-state index in [1.807, 2.05) is 29.2 Å².